The molecule has 98 valence electrons. The van der Waals surface area contributed by atoms with Crippen LogP contribution in [0.1, 0.15) is 19.8 Å². The molecule has 0 aromatic heterocycles. The van der Waals surface area contributed by atoms with Gasteiger partial charge in [0.15, 0.2) is 0 Å². The number of rotatable bonds is 5. The summed E-state index contributed by atoms with van der Waals surface area (Å²) in [5, 5.41) is 13.6. The number of aliphatic carboxylic acids is 1. The second-order valence-corrected chi connectivity index (χ2v) is 3.78. The summed E-state index contributed by atoms with van der Waals surface area (Å²) in [5.74, 6) is -1.48. The SMILES string of the molecule is CCC[C@@H](NC(=O)Nc1ccc(F)cc1)C(=O)O. The van der Waals surface area contributed by atoms with E-state index in [1.807, 2.05) is 6.92 Å². The Labute approximate surface area is 104 Å². The fourth-order valence-corrected chi connectivity index (χ4v) is 1.40. The Bertz CT molecular complexity index is 420. The maximum Gasteiger partial charge on any atom is 0.326 e. The van der Waals surface area contributed by atoms with Gasteiger partial charge in [-0.25, -0.2) is 14.0 Å². The van der Waals surface area contributed by atoms with E-state index in [1.54, 1.807) is 0 Å². The number of anilines is 1. The zero-order chi connectivity index (χ0) is 13.5. The summed E-state index contributed by atoms with van der Waals surface area (Å²) in [4.78, 5) is 22.3. The van der Waals surface area contributed by atoms with Crippen LogP contribution in [-0.2, 0) is 4.79 Å². The quantitative estimate of drug-likeness (QED) is 0.753. The first kappa shape index (κ1) is 14.0. The van der Waals surface area contributed by atoms with Crippen LogP contribution in [0, 0.1) is 5.82 Å². The van der Waals surface area contributed by atoms with Crippen LogP contribution in [0.15, 0.2) is 24.3 Å². The minimum absolute atomic E-state index is 0.353. The van der Waals surface area contributed by atoms with Gasteiger partial charge in [0.25, 0.3) is 0 Å². The minimum Gasteiger partial charge on any atom is -0.480 e. The van der Waals surface area contributed by atoms with Gasteiger partial charge in [-0.2, -0.15) is 0 Å². The van der Waals surface area contributed by atoms with Crippen molar-refractivity contribution in [1.82, 2.24) is 5.32 Å². The summed E-state index contributed by atoms with van der Waals surface area (Å²) in [5.41, 5.74) is 0.398. The Morgan fingerprint density at radius 3 is 2.44 bits per heavy atom. The molecule has 0 aliphatic carbocycles. The van der Waals surface area contributed by atoms with Crippen molar-refractivity contribution in [3.05, 3.63) is 30.1 Å². The molecule has 0 spiro atoms. The number of carboxylic acids is 1. The number of benzene rings is 1. The van der Waals surface area contributed by atoms with Gasteiger partial charge >= 0.3 is 12.0 Å². The van der Waals surface area contributed by atoms with Gasteiger partial charge in [0.1, 0.15) is 11.9 Å². The molecule has 18 heavy (non-hydrogen) atoms. The van der Waals surface area contributed by atoms with Crippen LogP contribution in [0.2, 0.25) is 0 Å². The van der Waals surface area contributed by atoms with E-state index in [-0.39, 0.29) is 0 Å². The Balaban J connectivity index is 2.54. The third-order valence-electron chi connectivity index (χ3n) is 2.28. The molecule has 3 N–H and O–H groups in total. The maximum absolute atomic E-state index is 12.6. The van der Waals surface area contributed by atoms with Crippen molar-refractivity contribution in [2.24, 2.45) is 0 Å². The lowest BCUT2D eigenvalue weighted by Gasteiger charge is -2.14. The third kappa shape index (κ3) is 4.40. The highest BCUT2D eigenvalue weighted by atomic mass is 19.1. The molecular weight excluding hydrogens is 239 g/mol. The minimum atomic E-state index is -1.08. The van der Waals surface area contributed by atoms with Gasteiger partial charge in [0, 0.05) is 5.69 Å². The smallest absolute Gasteiger partial charge is 0.326 e. The monoisotopic (exact) mass is 254 g/mol. The van der Waals surface area contributed by atoms with Crippen LogP contribution in [0.5, 0.6) is 0 Å². The second kappa shape index (κ2) is 6.58. The molecule has 0 aliphatic rings. The number of carbonyl (C=O) groups is 2. The zero-order valence-electron chi connectivity index (χ0n) is 9.94. The molecule has 0 aliphatic heterocycles. The number of hydrogen-bond acceptors (Lipinski definition) is 2. The first-order valence-corrected chi connectivity index (χ1v) is 5.58. The van der Waals surface area contributed by atoms with Crippen molar-refractivity contribution in [1.29, 1.82) is 0 Å². The van der Waals surface area contributed by atoms with E-state index >= 15 is 0 Å². The summed E-state index contributed by atoms with van der Waals surface area (Å²) < 4.78 is 12.6. The standard InChI is InChI=1S/C12H15FN2O3/c1-2-3-10(11(16)17)15-12(18)14-9-6-4-8(13)5-7-9/h4-7,10H,2-3H2,1H3,(H,16,17)(H2,14,15,18)/t10-/m1/s1. The Kier molecular flexibility index (Phi) is 5.10. The number of carbonyl (C=O) groups excluding carboxylic acids is 1. The number of halogens is 1. The summed E-state index contributed by atoms with van der Waals surface area (Å²) in [6.07, 6.45) is 1.000. The third-order valence-corrected chi connectivity index (χ3v) is 2.28. The van der Waals surface area contributed by atoms with E-state index in [2.05, 4.69) is 10.6 Å². The molecule has 0 bridgehead atoms. The fraction of sp³-hybridized carbons (Fsp3) is 0.333. The van der Waals surface area contributed by atoms with Crippen molar-refractivity contribution in [3.8, 4) is 0 Å². The van der Waals surface area contributed by atoms with Crippen LogP contribution >= 0.6 is 0 Å². The lowest BCUT2D eigenvalue weighted by Crippen LogP contribution is -2.42. The van der Waals surface area contributed by atoms with Crippen molar-refractivity contribution < 1.29 is 19.1 Å². The molecule has 0 heterocycles. The highest BCUT2D eigenvalue weighted by Crippen LogP contribution is 2.08. The molecular formula is C12H15FN2O3. The van der Waals surface area contributed by atoms with Gasteiger partial charge in [-0.3, -0.25) is 0 Å². The lowest BCUT2D eigenvalue weighted by molar-refractivity contribution is -0.139. The van der Waals surface area contributed by atoms with Gasteiger partial charge in [0.2, 0.25) is 0 Å². The average Bonchev–Trinajstić information content (AvgIpc) is 2.31. The average molecular weight is 254 g/mol. The summed E-state index contributed by atoms with van der Waals surface area (Å²) in [6.45, 7) is 1.83. The van der Waals surface area contributed by atoms with Crippen LogP contribution < -0.4 is 10.6 Å². The molecule has 1 rings (SSSR count). The molecule has 0 radical (unpaired) electrons. The molecule has 0 saturated carbocycles. The summed E-state index contributed by atoms with van der Waals surface area (Å²) >= 11 is 0. The van der Waals surface area contributed by atoms with Gasteiger partial charge in [-0.15, -0.1) is 0 Å². The van der Waals surface area contributed by atoms with Crippen LogP contribution in [0.25, 0.3) is 0 Å². The van der Waals surface area contributed by atoms with E-state index in [9.17, 15) is 14.0 Å². The van der Waals surface area contributed by atoms with E-state index < -0.39 is 23.9 Å². The van der Waals surface area contributed by atoms with Crippen molar-refractivity contribution in [2.45, 2.75) is 25.8 Å². The summed E-state index contributed by atoms with van der Waals surface area (Å²) in [6, 6.07) is 3.65. The number of carboxylic acid groups (broad SMARTS) is 1. The molecule has 1 aromatic rings. The molecule has 0 unspecified atom stereocenters. The van der Waals surface area contributed by atoms with Crippen molar-refractivity contribution >= 4 is 17.7 Å². The normalized spacial score (nSPS) is 11.7. The molecule has 1 atom stereocenters. The number of nitrogens with one attached hydrogen (secondary N) is 2. The van der Waals surface area contributed by atoms with Crippen LogP contribution in [0.4, 0.5) is 14.9 Å². The van der Waals surface area contributed by atoms with E-state index in [1.165, 1.54) is 24.3 Å². The topological polar surface area (TPSA) is 78.4 Å². The fourth-order valence-electron chi connectivity index (χ4n) is 1.40. The number of urea groups is 1. The highest BCUT2D eigenvalue weighted by molar-refractivity contribution is 5.92. The molecule has 0 saturated heterocycles. The maximum atomic E-state index is 12.6. The van der Waals surface area contributed by atoms with Crippen molar-refractivity contribution in [3.63, 3.8) is 0 Å². The van der Waals surface area contributed by atoms with Gasteiger partial charge in [-0.1, -0.05) is 13.3 Å². The van der Waals surface area contributed by atoms with E-state index in [4.69, 9.17) is 5.11 Å². The second-order valence-electron chi connectivity index (χ2n) is 3.78. The van der Waals surface area contributed by atoms with Crippen LogP contribution in [-0.4, -0.2) is 23.1 Å². The molecule has 0 fully saturated rings. The lowest BCUT2D eigenvalue weighted by atomic mass is 10.2. The van der Waals surface area contributed by atoms with Gasteiger partial charge < -0.3 is 15.7 Å². The van der Waals surface area contributed by atoms with Gasteiger partial charge in [-0.05, 0) is 30.7 Å². The number of amides is 2. The van der Waals surface area contributed by atoms with Gasteiger partial charge in [0.05, 0.1) is 0 Å². The predicted octanol–water partition coefficient (Wildman–Crippen LogP) is 2.20. The molecule has 2 amide bonds. The first-order chi connectivity index (χ1) is 8.52. The Hall–Kier alpha value is -2.11. The zero-order valence-corrected chi connectivity index (χ0v) is 9.94. The highest BCUT2D eigenvalue weighted by Gasteiger charge is 2.18. The van der Waals surface area contributed by atoms with Crippen molar-refractivity contribution in [2.75, 3.05) is 5.32 Å². The Morgan fingerprint density at radius 2 is 1.94 bits per heavy atom. The largest absolute Gasteiger partial charge is 0.480 e. The van der Waals surface area contributed by atoms with Crippen LogP contribution in [0.3, 0.4) is 0 Å². The molecule has 6 heteroatoms. The van der Waals surface area contributed by atoms with E-state index in [0.29, 0.717) is 18.5 Å². The Morgan fingerprint density at radius 1 is 1.33 bits per heavy atom. The van der Waals surface area contributed by atoms with E-state index in [0.717, 1.165) is 0 Å². The molecule has 5 nitrogen and oxygen atoms in total. The molecule has 1 aromatic carbocycles. The predicted molar refractivity (Wildman–Crippen MR) is 64.9 cm³/mol. The summed E-state index contributed by atoms with van der Waals surface area (Å²) in [7, 11) is 0. The first-order valence-electron chi connectivity index (χ1n) is 5.58. The number of hydrogen-bond donors (Lipinski definition) is 3.